The van der Waals surface area contributed by atoms with Gasteiger partial charge in [0.1, 0.15) is 0 Å². The van der Waals surface area contributed by atoms with Crippen molar-refractivity contribution in [2.24, 2.45) is 0 Å². The predicted molar refractivity (Wildman–Crippen MR) is 148 cm³/mol. The molecular weight excluding hydrogens is 723 g/mol. The van der Waals surface area contributed by atoms with E-state index in [4.69, 9.17) is 35.4 Å². The minimum absolute atomic E-state index is 0. The molecule has 0 radical (unpaired) electrons. The van der Waals surface area contributed by atoms with Crippen LogP contribution in [0.3, 0.4) is 0 Å². The van der Waals surface area contributed by atoms with E-state index in [1.54, 1.807) is 26.2 Å². The van der Waals surface area contributed by atoms with Crippen LogP contribution in [0.25, 0.3) is 0 Å². The van der Waals surface area contributed by atoms with E-state index in [0.29, 0.717) is 52.9 Å². The Morgan fingerprint density at radius 1 is 0.324 bits per heavy atom. The molecule has 228 valence electrons. The topological polar surface area (TPSA) is 155 Å². The first-order valence-corrected chi connectivity index (χ1v) is 21.5. The van der Waals surface area contributed by atoms with Crippen LogP contribution in [0.4, 0.5) is 0 Å². The normalized spacial score (nSPS) is 11.7. The fourth-order valence-corrected chi connectivity index (χ4v) is 6.93. The summed E-state index contributed by atoms with van der Waals surface area (Å²) < 4.78 is 39.5. The summed E-state index contributed by atoms with van der Waals surface area (Å²) in [5, 5.41) is 0. The fourth-order valence-electron chi connectivity index (χ4n) is 2.31. The van der Waals surface area contributed by atoms with Crippen LogP contribution in [0.1, 0.15) is 55.4 Å². The van der Waals surface area contributed by atoms with Crippen molar-refractivity contribution in [1.82, 2.24) is 0 Å². The van der Waals surface area contributed by atoms with Gasteiger partial charge in [-0.25, -0.2) is 0 Å². The smallest absolute Gasteiger partial charge is 0.390 e. The summed E-state index contributed by atoms with van der Waals surface area (Å²) in [5.74, 6) is 0. The van der Waals surface area contributed by atoms with Crippen molar-refractivity contribution in [2.45, 2.75) is 81.6 Å². The van der Waals surface area contributed by atoms with Gasteiger partial charge in [0.25, 0.3) is 0 Å². The Labute approximate surface area is 249 Å². The summed E-state index contributed by atoms with van der Waals surface area (Å²) in [6.45, 7) is 25.2. The van der Waals surface area contributed by atoms with E-state index in [-0.39, 0.29) is 25.8 Å². The maximum absolute atomic E-state index is 9.21. The first kappa shape index (κ1) is 48.0. The van der Waals surface area contributed by atoms with Crippen LogP contribution in [-0.4, -0.2) is 107 Å². The Morgan fingerprint density at radius 2 is 0.405 bits per heavy atom. The molecule has 37 heavy (non-hydrogen) atoms. The molecule has 0 heterocycles. The van der Waals surface area contributed by atoms with E-state index >= 15 is 0 Å². The second-order valence-electron chi connectivity index (χ2n) is 7.06. The van der Waals surface area contributed by atoms with E-state index in [0.717, 1.165) is 0 Å². The Bertz CT molecular complexity index is 353. The van der Waals surface area contributed by atoms with Gasteiger partial charge >= 0.3 is 35.2 Å². The van der Waals surface area contributed by atoms with Crippen molar-refractivity contribution in [2.75, 3.05) is 52.9 Å². The standard InChI is InChI=1S/4C5H14O3Si.Hf/c4*1-4-7-9(3,6)8-5-2;/h4*6H,4-5H2,1-3H3;. The maximum atomic E-state index is 9.21. The summed E-state index contributed by atoms with van der Waals surface area (Å²) >= 11 is 0. The summed E-state index contributed by atoms with van der Waals surface area (Å²) in [6, 6.07) is 0. The van der Waals surface area contributed by atoms with E-state index in [1.165, 1.54) is 0 Å². The maximum Gasteiger partial charge on any atom is 0.494 e. The molecule has 0 rings (SSSR count). The number of hydrogen-bond donors (Lipinski definition) is 4. The van der Waals surface area contributed by atoms with Crippen molar-refractivity contribution >= 4 is 35.2 Å². The summed E-state index contributed by atoms with van der Waals surface area (Å²) in [6.07, 6.45) is 0. The molecule has 0 bridgehead atoms. The van der Waals surface area contributed by atoms with Crippen LogP contribution >= 0.6 is 0 Å². The molecule has 0 aromatic rings. The summed E-state index contributed by atoms with van der Waals surface area (Å²) in [7, 11) is -10.8. The first-order valence-electron chi connectivity index (χ1n) is 12.5. The first-order chi connectivity index (χ1) is 16.5. The Balaban J connectivity index is -0.000000122. The molecule has 0 saturated carbocycles. The van der Waals surface area contributed by atoms with Gasteiger partial charge in [0.05, 0.1) is 0 Å². The third kappa shape index (κ3) is 41.9. The van der Waals surface area contributed by atoms with Gasteiger partial charge in [-0.15, -0.1) is 0 Å². The van der Waals surface area contributed by atoms with Gasteiger partial charge in [0.2, 0.25) is 0 Å². The van der Waals surface area contributed by atoms with Crippen LogP contribution in [0.5, 0.6) is 0 Å². The van der Waals surface area contributed by atoms with Gasteiger partial charge in [-0.1, -0.05) is 0 Å². The molecule has 0 aromatic heterocycles. The molecule has 0 atom stereocenters. The molecule has 0 aliphatic rings. The van der Waals surface area contributed by atoms with Gasteiger partial charge in [0.15, 0.2) is 0 Å². The molecule has 0 aliphatic heterocycles. The summed E-state index contributed by atoms with van der Waals surface area (Å²) in [4.78, 5) is 36.8. The molecule has 0 spiro atoms. The molecular formula is C20H56HfO12Si4. The second kappa shape index (κ2) is 28.8. The molecule has 4 N–H and O–H groups in total. The third-order valence-corrected chi connectivity index (χ3v) is 9.89. The zero-order valence-corrected chi connectivity index (χ0v) is 32.8. The minimum atomic E-state index is -2.70. The van der Waals surface area contributed by atoms with Crippen molar-refractivity contribution in [3.8, 4) is 0 Å². The average molecular weight is 779 g/mol. The van der Waals surface area contributed by atoms with E-state index in [2.05, 4.69) is 0 Å². The van der Waals surface area contributed by atoms with Gasteiger partial charge in [-0.3, -0.25) is 0 Å². The molecule has 0 amide bonds. The van der Waals surface area contributed by atoms with Crippen molar-refractivity contribution in [3.63, 3.8) is 0 Å². The van der Waals surface area contributed by atoms with Crippen LogP contribution < -0.4 is 0 Å². The minimum Gasteiger partial charge on any atom is -0.390 e. The van der Waals surface area contributed by atoms with E-state index < -0.39 is 35.2 Å². The molecule has 0 fully saturated rings. The molecule has 0 aromatic carbocycles. The predicted octanol–water partition coefficient (Wildman–Crippen LogP) is 2.48. The van der Waals surface area contributed by atoms with Crippen molar-refractivity contribution in [3.05, 3.63) is 0 Å². The SMILES string of the molecule is CCO[Si](C)(O)OCC.CCO[Si](C)(O)OCC.CCO[Si](C)(O)OCC.CCO[Si](C)(O)OCC.[Hf]. The summed E-state index contributed by atoms with van der Waals surface area (Å²) in [5.41, 5.74) is 0. The monoisotopic (exact) mass is 780 g/mol. The zero-order chi connectivity index (χ0) is 29.3. The molecule has 0 aliphatic carbocycles. The van der Waals surface area contributed by atoms with E-state index in [1.807, 2.05) is 55.4 Å². The average Bonchev–Trinajstić information content (AvgIpc) is 2.69. The molecule has 0 unspecified atom stereocenters. The van der Waals surface area contributed by atoms with Gasteiger partial charge < -0.3 is 54.6 Å². The van der Waals surface area contributed by atoms with Crippen LogP contribution in [0.2, 0.25) is 26.2 Å². The van der Waals surface area contributed by atoms with Crippen LogP contribution in [0.15, 0.2) is 0 Å². The van der Waals surface area contributed by atoms with Gasteiger partial charge in [0, 0.05) is 105 Å². The zero-order valence-electron chi connectivity index (χ0n) is 25.2. The van der Waals surface area contributed by atoms with Gasteiger partial charge in [-0.2, -0.15) is 0 Å². The molecule has 12 nitrogen and oxygen atoms in total. The third-order valence-electron chi connectivity index (χ3n) is 3.30. The molecule has 0 saturated heterocycles. The Kier molecular flexibility index (Phi) is 37.3. The largest absolute Gasteiger partial charge is 0.494 e. The quantitative estimate of drug-likeness (QED) is 0.170. The number of rotatable bonds is 16. The number of hydrogen-bond acceptors (Lipinski definition) is 12. The molecule has 17 heteroatoms. The Morgan fingerprint density at radius 3 is 0.459 bits per heavy atom. The van der Waals surface area contributed by atoms with Gasteiger partial charge in [-0.05, 0) is 55.4 Å². The van der Waals surface area contributed by atoms with Crippen molar-refractivity contribution < 1.29 is 80.4 Å². The fraction of sp³-hybridized carbons (Fsp3) is 1.00. The second-order valence-corrected chi connectivity index (χ2v) is 16.5. The Hall–Kier alpha value is 1.26. The van der Waals surface area contributed by atoms with Crippen LogP contribution in [-0.2, 0) is 61.3 Å². The van der Waals surface area contributed by atoms with E-state index in [9.17, 15) is 19.2 Å². The van der Waals surface area contributed by atoms with Crippen molar-refractivity contribution in [1.29, 1.82) is 0 Å². The van der Waals surface area contributed by atoms with Crippen LogP contribution in [0, 0.1) is 0 Å².